The van der Waals surface area contributed by atoms with Crippen LogP contribution < -0.4 is 0 Å². The third-order valence-electron chi connectivity index (χ3n) is 2.51. The number of benzene rings is 1. The average Bonchev–Trinajstić information content (AvgIpc) is 2.81. The maximum atomic E-state index is 2.33. The molecule has 0 aromatic heterocycles. The number of rotatable bonds is 2. The summed E-state index contributed by atoms with van der Waals surface area (Å²) < 4.78 is 0. The van der Waals surface area contributed by atoms with Gasteiger partial charge >= 0.3 is 0 Å². The molecule has 1 aliphatic rings. The third-order valence-corrected chi connectivity index (χ3v) is 2.51. The Balaban J connectivity index is 1.99. The van der Waals surface area contributed by atoms with Crippen molar-refractivity contribution in [1.82, 2.24) is 0 Å². The summed E-state index contributed by atoms with van der Waals surface area (Å²) in [6, 6.07) is 10.5. The molecule has 0 amide bonds. The van der Waals surface area contributed by atoms with Gasteiger partial charge in [-0.05, 0) is 23.8 Å². The van der Waals surface area contributed by atoms with E-state index in [0.29, 0.717) is 0 Å². The van der Waals surface area contributed by atoms with E-state index in [4.69, 9.17) is 0 Å². The van der Waals surface area contributed by atoms with E-state index in [1.165, 1.54) is 12.0 Å². The summed E-state index contributed by atoms with van der Waals surface area (Å²) in [5.74, 6) is 1.77. The fourth-order valence-electron chi connectivity index (χ4n) is 1.42. The van der Waals surface area contributed by atoms with Crippen molar-refractivity contribution in [2.24, 2.45) is 11.8 Å². The van der Waals surface area contributed by atoms with Crippen LogP contribution in [0.1, 0.15) is 18.9 Å². The maximum Gasteiger partial charge on any atom is -0.0201 e. The molecule has 0 heterocycles. The highest BCUT2D eigenvalue weighted by molar-refractivity contribution is 5.49. The minimum atomic E-state index is 0.852. The number of allylic oxidation sites excluding steroid dienone is 1. The lowest BCUT2D eigenvalue weighted by atomic mass is 10.2. The van der Waals surface area contributed by atoms with E-state index < -0.39 is 0 Å². The Morgan fingerprint density at radius 1 is 1.25 bits per heavy atom. The Morgan fingerprint density at radius 3 is 2.50 bits per heavy atom. The van der Waals surface area contributed by atoms with Crippen LogP contribution in [0.2, 0.25) is 0 Å². The Bertz CT molecular complexity index is 271. The lowest BCUT2D eigenvalue weighted by Crippen LogP contribution is -1.71. The van der Waals surface area contributed by atoms with E-state index in [1.807, 2.05) is 0 Å². The Labute approximate surface area is 73.9 Å². The second-order valence-corrected chi connectivity index (χ2v) is 3.65. The molecule has 2 atom stereocenters. The lowest BCUT2D eigenvalue weighted by molar-refractivity contribution is 0.902. The van der Waals surface area contributed by atoms with Crippen LogP contribution in [0.15, 0.2) is 36.4 Å². The predicted molar refractivity (Wildman–Crippen MR) is 52.7 cm³/mol. The van der Waals surface area contributed by atoms with Gasteiger partial charge in [-0.25, -0.2) is 0 Å². The van der Waals surface area contributed by atoms with Crippen LogP contribution in [-0.4, -0.2) is 0 Å². The lowest BCUT2D eigenvalue weighted by Gasteiger charge is -1.89. The van der Waals surface area contributed by atoms with E-state index in [9.17, 15) is 0 Å². The second kappa shape index (κ2) is 3.14. The van der Waals surface area contributed by atoms with Crippen LogP contribution in [0.4, 0.5) is 0 Å². The molecule has 0 spiro atoms. The summed E-state index contributed by atoms with van der Waals surface area (Å²) in [7, 11) is 0. The highest BCUT2D eigenvalue weighted by Gasteiger charge is 2.29. The molecule has 0 saturated heterocycles. The quantitative estimate of drug-likeness (QED) is 0.619. The molecule has 62 valence electrons. The van der Waals surface area contributed by atoms with Gasteiger partial charge in [0.25, 0.3) is 0 Å². The average molecular weight is 158 g/mol. The van der Waals surface area contributed by atoms with Crippen LogP contribution in [-0.2, 0) is 0 Å². The molecule has 1 fully saturated rings. The van der Waals surface area contributed by atoms with Gasteiger partial charge in [0.05, 0.1) is 0 Å². The Hall–Kier alpha value is -1.04. The zero-order chi connectivity index (χ0) is 8.39. The fourth-order valence-corrected chi connectivity index (χ4v) is 1.42. The smallest absolute Gasteiger partial charge is 0.0201 e. The molecular weight excluding hydrogens is 144 g/mol. The van der Waals surface area contributed by atoms with Crippen molar-refractivity contribution in [3.8, 4) is 0 Å². The van der Waals surface area contributed by atoms with Gasteiger partial charge in [0.15, 0.2) is 0 Å². The van der Waals surface area contributed by atoms with Gasteiger partial charge < -0.3 is 0 Å². The summed E-state index contributed by atoms with van der Waals surface area (Å²) in [5.41, 5.74) is 1.32. The Kier molecular flexibility index (Phi) is 1.99. The molecule has 1 aromatic rings. The van der Waals surface area contributed by atoms with E-state index in [0.717, 1.165) is 11.8 Å². The topological polar surface area (TPSA) is 0 Å². The highest BCUT2D eigenvalue weighted by atomic mass is 14.3. The number of hydrogen-bond donors (Lipinski definition) is 0. The van der Waals surface area contributed by atoms with E-state index in [-0.39, 0.29) is 0 Å². The SMILES string of the molecule is C[C@@H]1C[C@H]1/C=C/c1ccccc1. The van der Waals surface area contributed by atoms with Crippen LogP contribution in [0.25, 0.3) is 6.08 Å². The minimum absolute atomic E-state index is 0.852. The van der Waals surface area contributed by atoms with Crippen LogP contribution in [0, 0.1) is 11.8 Å². The highest BCUT2D eigenvalue weighted by Crippen LogP contribution is 2.39. The van der Waals surface area contributed by atoms with Gasteiger partial charge in [-0.15, -0.1) is 0 Å². The molecule has 1 saturated carbocycles. The van der Waals surface area contributed by atoms with Crippen molar-refractivity contribution < 1.29 is 0 Å². The van der Waals surface area contributed by atoms with E-state index in [2.05, 4.69) is 49.4 Å². The minimum Gasteiger partial charge on any atom is -0.0805 e. The molecule has 1 aliphatic carbocycles. The molecule has 0 aliphatic heterocycles. The van der Waals surface area contributed by atoms with Crippen LogP contribution in [0.5, 0.6) is 0 Å². The first-order valence-corrected chi connectivity index (χ1v) is 4.59. The zero-order valence-electron chi connectivity index (χ0n) is 7.40. The second-order valence-electron chi connectivity index (χ2n) is 3.65. The Morgan fingerprint density at radius 2 is 1.92 bits per heavy atom. The molecule has 0 radical (unpaired) electrons. The monoisotopic (exact) mass is 158 g/mol. The fraction of sp³-hybridized carbons (Fsp3) is 0.333. The van der Waals surface area contributed by atoms with Gasteiger partial charge in [0.2, 0.25) is 0 Å². The summed E-state index contributed by atoms with van der Waals surface area (Å²) in [4.78, 5) is 0. The molecule has 1 aromatic carbocycles. The maximum absolute atomic E-state index is 2.33. The van der Waals surface area contributed by atoms with Crippen LogP contribution >= 0.6 is 0 Å². The van der Waals surface area contributed by atoms with Crippen LogP contribution in [0.3, 0.4) is 0 Å². The van der Waals surface area contributed by atoms with Gasteiger partial charge in [-0.1, -0.05) is 49.4 Å². The van der Waals surface area contributed by atoms with Gasteiger partial charge in [-0.3, -0.25) is 0 Å². The molecule has 0 nitrogen and oxygen atoms in total. The first kappa shape index (κ1) is 7.60. The van der Waals surface area contributed by atoms with E-state index >= 15 is 0 Å². The molecule has 0 N–H and O–H groups in total. The molecule has 0 bridgehead atoms. The van der Waals surface area contributed by atoms with Crippen molar-refractivity contribution in [2.75, 3.05) is 0 Å². The van der Waals surface area contributed by atoms with Crippen molar-refractivity contribution in [3.63, 3.8) is 0 Å². The first-order chi connectivity index (χ1) is 5.86. The zero-order valence-corrected chi connectivity index (χ0v) is 7.40. The predicted octanol–water partition coefficient (Wildman–Crippen LogP) is 3.36. The summed E-state index contributed by atoms with van der Waals surface area (Å²) in [6.07, 6.45) is 5.94. The standard InChI is InChI=1S/C12H14/c1-10-9-12(10)8-7-11-5-3-2-4-6-11/h2-8,10,12H,9H2,1H3/b8-7+/t10-,12-/m1/s1. The normalized spacial score (nSPS) is 27.8. The molecule has 0 heteroatoms. The molecule has 2 rings (SSSR count). The number of hydrogen-bond acceptors (Lipinski definition) is 0. The summed E-state index contributed by atoms with van der Waals surface area (Å²) >= 11 is 0. The molecular formula is C12H14. The molecule has 12 heavy (non-hydrogen) atoms. The van der Waals surface area contributed by atoms with Crippen molar-refractivity contribution in [1.29, 1.82) is 0 Å². The van der Waals surface area contributed by atoms with Gasteiger partial charge in [0, 0.05) is 0 Å². The van der Waals surface area contributed by atoms with Crippen molar-refractivity contribution >= 4 is 6.08 Å². The van der Waals surface area contributed by atoms with Gasteiger partial charge in [0.1, 0.15) is 0 Å². The van der Waals surface area contributed by atoms with Crippen molar-refractivity contribution in [2.45, 2.75) is 13.3 Å². The largest absolute Gasteiger partial charge is 0.0805 e. The summed E-state index contributed by atoms with van der Waals surface area (Å²) in [6.45, 7) is 2.31. The first-order valence-electron chi connectivity index (χ1n) is 4.59. The van der Waals surface area contributed by atoms with E-state index in [1.54, 1.807) is 0 Å². The summed E-state index contributed by atoms with van der Waals surface area (Å²) in [5, 5.41) is 0. The van der Waals surface area contributed by atoms with Gasteiger partial charge in [-0.2, -0.15) is 0 Å². The molecule has 0 unspecified atom stereocenters. The van der Waals surface area contributed by atoms with Crippen molar-refractivity contribution in [3.05, 3.63) is 42.0 Å². The third kappa shape index (κ3) is 1.76.